The molecule has 0 saturated carbocycles. The van der Waals surface area contributed by atoms with Crippen LogP contribution in [-0.2, 0) is 16.1 Å². The molecule has 1 heterocycles. The van der Waals surface area contributed by atoms with E-state index in [1.165, 1.54) is 0 Å². The van der Waals surface area contributed by atoms with E-state index < -0.39 is 6.10 Å². The lowest BCUT2D eigenvalue weighted by atomic mass is 10.3. The second-order valence-corrected chi connectivity index (χ2v) is 4.37. The smallest absolute Gasteiger partial charge is 0.129 e. The standard InChI is InChI=1S/C13H23NO4/c1-11(2)17-7-5-14-8-12(15)9-16-10-13-4-3-6-18-13/h3-4,6,11-12,14-15H,5,7-10H2,1-2H3. The number of hydrogen-bond acceptors (Lipinski definition) is 5. The summed E-state index contributed by atoms with van der Waals surface area (Å²) in [5.41, 5.74) is 0. The van der Waals surface area contributed by atoms with E-state index in [9.17, 15) is 5.11 Å². The molecule has 0 aliphatic heterocycles. The summed E-state index contributed by atoms with van der Waals surface area (Å²) in [6, 6.07) is 3.65. The van der Waals surface area contributed by atoms with Gasteiger partial charge in [0.05, 0.1) is 31.7 Å². The normalized spacial score (nSPS) is 13.1. The molecule has 0 aromatic carbocycles. The van der Waals surface area contributed by atoms with E-state index in [4.69, 9.17) is 13.9 Å². The molecule has 104 valence electrons. The summed E-state index contributed by atoms with van der Waals surface area (Å²) in [6.07, 6.45) is 1.33. The molecular weight excluding hydrogens is 234 g/mol. The Morgan fingerprint density at radius 2 is 2.28 bits per heavy atom. The molecule has 1 aromatic heterocycles. The summed E-state index contributed by atoms with van der Waals surface area (Å²) in [6.45, 7) is 6.55. The zero-order valence-electron chi connectivity index (χ0n) is 11.1. The quantitative estimate of drug-likeness (QED) is 0.616. The number of aliphatic hydroxyl groups is 1. The van der Waals surface area contributed by atoms with Crippen molar-refractivity contribution in [2.45, 2.75) is 32.7 Å². The third-order valence-corrected chi connectivity index (χ3v) is 2.24. The fourth-order valence-corrected chi connectivity index (χ4v) is 1.38. The van der Waals surface area contributed by atoms with Crippen LogP contribution in [0.15, 0.2) is 22.8 Å². The minimum atomic E-state index is -0.515. The summed E-state index contributed by atoms with van der Waals surface area (Å²) >= 11 is 0. The van der Waals surface area contributed by atoms with Gasteiger partial charge in [0.15, 0.2) is 0 Å². The van der Waals surface area contributed by atoms with Crippen molar-refractivity contribution in [3.63, 3.8) is 0 Å². The van der Waals surface area contributed by atoms with Crippen LogP contribution >= 0.6 is 0 Å². The molecule has 1 unspecified atom stereocenters. The number of nitrogens with one attached hydrogen (secondary N) is 1. The van der Waals surface area contributed by atoms with Crippen LogP contribution in [0.4, 0.5) is 0 Å². The van der Waals surface area contributed by atoms with Crippen LogP contribution in [0.1, 0.15) is 19.6 Å². The molecule has 2 N–H and O–H groups in total. The molecule has 5 heteroatoms. The van der Waals surface area contributed by atoms with E-state index in [0.717, 1.165) is 12.3 Å². The summed E-state index contributed by atoms with van der Waals surface area (Å²) in [5, 5.41) is 12.7. The van der Waals surface area contributed by atoms with Gasteiger partial charge >= 0.3 is 0 Å². The predicted octanol–water partition coefficient (Wildman–Crippen LogP) is 1.17. The largest absolute Gasteiger partial charge is 0.467 e. The van der Waals surface area contributed by atoms with E-state index in [-0.39, 0.29) is 6.10 Å². The Balaban J connectivity index is 1.92. The van der Waals surface area contributed by atoms with Crippen LogP contribution in [0.25, 0.3) is 0 Å². The Bertz CT molecular complexity index is 287. The molecule has 18 heavy (non-hydrogen) atoms. The van der Waals surface area contributed by atoms with E-state index in [1.807, 2.05) is 26.0 Å². The van der Waals surface area contributed by atoms with Gasteiger partial charge in [-0.1, -0.05) is 0 Å². The van der Waals surface area contributed by atoms with Crippen LogP contribution in [0, 0.1) is 0 Å². The van der Waals surface area contributed by atoms with Gasteiger partial charge in [0.1, 0.15) is 12.4 Å². The molecule has 5 nitrogen and oxygen atoms in total. The van der Waals surface area contributed by atoms with E-state index in [0.29, 0.717) is 26.4 Å². The summed E-state index contributed by atoms with van der Waals surface area (Å²) in [7, 11) is 0. The van der Waals surface area contributed by atoms with Crippen molar-refractivity contribution in [1.29, 1.82) is 0 Å². The third-order valence-electron chi connectivity index (χ3n) is 2.24. The van der Waals surface area contributed by atoms with E-state index >= 15 is 0 Å². The molecule has 1 aromatic rings. The topological polar surface area (TPSA) is 63.9 Å². The highest BCUT2D eigenvalue weighted by molar-refractivity contribution is 4.96. The Morgan fingerprint density at radius 1 is 1.44 bits per heavy atom. The van der Waals surface area contributed by atoms with Gasteiger partial charge in [-0.3, -0.25) is 0 Å². The van der Waals surface area contributed by atoms with Crippen LogP contribution in [0.3, 0.4) is 0 Å². The zero-order valence-corrected chi connectivity index (χ0v) is 11.1. The first-order chi connectivity index (χ1) is 8.68. The number of furan rings is 1. The maximum Gasteiger partial charge on any atom is 0.129 e. The first kappa shape index (κ1) is 15.2. The molecule has 0 saturated heterocycles. The van der Waals surface area contributed by atoms with Crippen molar-refractivity contribution in [1.82, 2.24) is 5.32 Å². The molecule has 0 spiro atoms. The van der Waals surface area contributed by atoms with Gasteiger partial charge in [0.25, 0.3) is 0 Å². The molecular formula is C13H23NO4. The average Bonchev–Trinajstić information content (AvgIpc) is 2.81. The molecule has 0 fully saturated rings. The first-order valence-corrected chi connectivity index (χ1v) is 6.29. The number of aliphatic hydroxyl groups excluding tert-OH is 1. The summed E-state index contributed by atoms with van der Waals surface area (Å²) < 4.78 is 15.8. The second kappa shape index (κ2) is 9.10. The molecule has 1 atom stereocenters. The number of ether oxygens (including phenoxy) is 2. The fourth-order valence-electron chi connectivity index (χ4n) is 1.38. The van der Waals surface area contributed by atoms with Crippen molar-refractivity contribution in [3.05, 3.63) is 24.2 Å². The SMILES string of the molecule is CC(C)OCCNCC(O)COCc1ccco1. The number of rotatable bonds is 10. The van der Waals surface area contributed by atoms with Gasteiger partial charge in [0, 0.05) is 13.1 Å². The molecule has 1 rings (SSSR count). The molecule has 0 radical (unpaired) electrons. The summed E-state index contributed by atoms with van der Waals surface area (Å²) in [5.74, 6) is 0.764. The van der Waals surface area contributed by atoms with Crippen LogP contribution in [-0.4, -0.2) is 43.6 Å². The van der Waals surface area contributed by atoms with E-state index in [1.54, 1.807) is 6.26 Å². The molecule has 0 bridgehead atoms. The monoisotopic (exact) mass is 257 g/mol. The fraction of sp³-hybridized carbons (Fsp3) is 0.692. The third kappa shape index (κ3) is 7.45. The van der Waals surface area contributed by atoms with Crippen molar-refractivity contribution in [2.75, 3.05) is 26.3 Å². The van der Waals surface area contributed by atoms with Crippen molar-refractivity contribution in [2.24, 2.45) is 0 Å². The zero-order chi connectivity index (χ0) is 13.2. The average molecular weight is 257 g/mol. The van der Waals surface area contributed by atoms with Crippen molar-refractivity contribution >= 4 is 0 Å². The number of hydrogen-bond donors (Lipinski definition) is 2. The van der Waals surface area contributed by atoms with Gasteiger partial charge in [-0.25, -0.2) is 0 Å². The second-order valence-electron chi connectivity index (χ2n) is 4.37. The Hall–Kier alpha value is -0.880. The van der Waals surface area contributed by atoms with Crippen LogP contribution in [0.5, 0.6) is 0 Å². The van der Waals surface area contributed by atoms with Gasteiger partial charge < -0.3 is 24.3 Å². The highest BCUT2D eigenvalue weighted by Crippen LogP contribution is 2.01. The van der Waals surface area contributed by atoms with Gasteiger partial charge in [-0.15, -0.1) is 0 Å². The maximum absolute atomic E-state index is 9.63. The maximum atomic E-state index is 9.63. The minimum absolute atomic E-state index is 0.244. The Labute approximate surface area is 108 Å². The summed E-state index contributed by atoms with van der Waals surface area (Å²) in [4.78, 5) is 0. The lowest BCUT2D eigenvalue weighted by Crippen LogP contribution is -2.32. The lowest BCUT2D eigenvalue weighted by molar-refractivity contribution is 0.0208. The predicted molar refractivity (Wildman–Crippen MR) is 68.3 cm³/mol. The molecule has 0 amide bonds. The van der Waals surface area contributed by atoms with Crippen molar-refractivity contribution in [3.8, 4) is 0 Å². The molecule has 0 aliphatic rings. The highest BCUT2D eigenvalue weighted by Gasteiger charge is 2.04. The minimum Gasteiger partial charge on any atom is -0.467 e. The van der Waals surface area contributed by atoms with Gasteiger partial charge in [-0.05, 0) is 26.0 Å². The van der Waals surface area contributed by atoms with Crippen molar-refractivity contribution < 1.29 is 19.0 Å². The van der Waals surface area contributed by atoms with Gasteiger partial charge in [-0.2, -0.15) is 0 Å². The Kier molecular flexibility index (Phi) is 7.68. The molecule has 0 aliphatic carbocycles. The highest BCUT2D eigenvalue weighted by atomic mass is 16.5. The van der Waals surface area contributed by atoms with Crippen LogP contribution < -0.4 is 5.32 Å². The Morgan fingerprint density at radius 3 is 2.94 bits per heavy atom. The van der Waals surface area contributed by atoms with E-state index in [2.05, 4.69) is 5.32 Å². The lowest BCUT2D eigenvalue weighted by Gasteiger charge is -2.12. The van der Waals surface area contributed by atoms with Crippen LogP contribution in [0.2, 0.25) is 0 Å². The van der Waals surface area contributed by atoms with Gasteiger partial charge in [0.2, 0.25) is 0 Å². The first-order valence-electron chi connectivity index (χ1n) is 6.29.